The number of ketones is 1. The molecule has 1 unspecified atom stereocenters. The molecule has 1 aromatic rings. The lowest BCUT2D eigenvalue weighted by Crippen LogP contribution is -2.15. The second-order valence-corrected chi connectivity index (χ2v) is 3.89. The molecule has 14 heavy (non-hydrogen) atoms. The SMILES string of the molecule is CC1=CCC(=O)C(c2ccccc2)C1. The van der Waals surface area contributed by atoms with Crippen LogP contribution in [0, 0.1) is 0 Å². The average Bonchev–Trinajstić information content (AvgIpc) is 2.23. The van der Waals surface area contributed by atoms with Crippen LogP contribution in [0.3, 0.4) is 0 Å². The van der Waals surface area contributed by atoms with E-state index in [2.05, 4.69) is 6.92 Å². The van der Waals surface area contributed by atoms with Crippen LogP contribution in [0.25, 0.3) is 0 Å². The lowest BCUT2D eigenvalue weighted by Gasteiger charge is -2.20. The van der Waals surface area contributed by atoms with E-state index in [1.54, 1.807) is 0 Å². The maximum Gasteiger partial charge on any atom is 0.144 e. The van der Waals surface area contributed by atoms with Crippen molar-refractivity contribution in [3.8, 4) is 0 Å². The van der Waals surface area contributed by atoms with Gasteiger partial charge in [-0.3, -0.25) is 4.79 Å². The molecule has 1 aromatic carbocycles. The van der Waals surface area contributed by atoms with Crippen molar-refractivity contribution in [2.45, 2.75) is 25.7 Å². The van der Waals surface area contributed by atoms with E-state index in [9.17, 15) is 4.79 Å². The lowest BCUT2D eigenvalue weighted by molar-refractivity contribution is -0.120. The summed E-state index contributed by atoms with van der Waals surface area (Å²) >= 11 is 0. The molecule has 0 fully saturated rings. The summed E-state index contributed by atoms with van der Waals surface area (Å²) in [5, 5.41) is 0. The van der Waals surface area contributed by atoms with Gasteiger partial charge >= 0.3 is 0 Å². The second kappa shape index (κ2) is 3.79. The van der Waals surface area contributed by atoms with E-state index in [0.717, 1.165) is 12.0 Å². The highest BCUT2D eigenvalue weighted by atomic mass is 16.1. The third kappa shape index (κ3) is 1.77. The van der Waals surface area contributed by atoms with Gasteiger partial charge in [0.2, 0.25) is 0 Å². The van der Waals surface area contributed by atoms with Crippen molar-refractivity contribution in [3.63, 3.8) is 0 Å². The van der Waals surface area contributed by atoms with E-state index in [1.165, 1.54) is 5.57 Å². The third-order valence-electron chi connectivity index (χ3n) is 2.77. The molecule has 0 amide bonds. The Bertz CT molecular complexity index is 362. The van der Waals surface area contributed by atoms with Crippen LogP contribution in [-0.4, -0.2) is 5.78 Å². The van der Waals surface area contributed by atoms with Crippen LogP contribution in [0.4, 0.5) is 0 Å². The fraction of sp³-hybridized carbons (Fsp3) is 0.308. The molecule has 0 saturated heterocycles. The van der Waals surface area contributed by atoms with Crippen molar-refractivity contribution in [2.24, 2.45) is 0 Å². The molecule has 1 heteroatoms. The van der Waals surface area contributed by atoms with E-state index in [1.807, 2.05) is 36.4 Å². The van der Waals surface area contributed by atoms with Gasteiger partial charge in [-0.2, -0.15) is 0 Å². The van der Waals surface area contributed by atoms with Gasteiger partial charge in [0.05, 0.1) is 0 Å². The van der Waals surface area contributed by atoms with E-state index in [0.29, 0.717) is 12.2 Å². The second-order valence-electron chi connectivity index (χ2n) is 3.89. The summed E-state index contributed by atoms with van der Waals surface area (Å²) in [4.78, 5) is 11.7. The van der Waals surface area contributed by atoms with Gasteiger partial charge in [-0.05, 0) is 18.9 Å². The lowest BCUT2D eigenvalue weighted by atomic mass is 9.83. The Morgan fingerprint density at radius 1 is 1.21 bits per heavy atom. The minimum Gasteiger partial charge on any atom is -0.299 e. The number of hydrogen-bond acceptors (Lipinski definition) is 1. The van der Waals surface area contributed by atoms with Gasteiger partial charge < -0.3 is 0 Å². The van der Waals surface area contributed by atoms with Crippen LogP contribution in [0.5, 0.6) is 0 Å². The van der Waals surface area contributed by atoms with Crippen molar-refractivity contribution >= 4 is 5.78 Å². The van der Waals surface area contributed by atoms with E-state index in [-0.39, 0.29) is 5.92 Å². The topological polar surface area (TPSA) is 17.1 Å². The van der Waals surface area contributed by atoms with Gasteiger partial charge in [0.25, 0.3) is 0 Å². The summed E-state index contributed by atoms with van der Waals surface area (Å²) in [6.45, 7) is 2.10. The summed E-state index contributed by atoms with van der Waals surface area (Å²) in [6.07, 6.45) is 3.54. The Balaban J connectivity index is 2.27. The minimum absolute atomic E-state index is 0.0983. The smallest absolute Gasteiger partial charge is 0.144 e. The van der Waals surface area contributed by atoms with Crippen molar-refractivity contribution in [2.75, 3.05) is 0 Å². The number of benzene rings is 1. The predicted octanol–water partition coefficient (Wildman–Crippen LogP) is 3.08. The third-order valence-corrected chi connectivity index (χ3v) is 2.77. The van der Waals surface area contributed by atoms with Gasteiger partial charge in [-0.15, -0.1) is 0 Å². The Kier molecular flexibility index (Phi) is 2.49. The summed E-state index contributed by atoms with van der Waals surface area (Å²) in [7, 11) is 0. The van der Waals surface area contributed by atoms with Crippen molar-refractivity contribution in [1.82, 2.24) is 0 Å². The molecule has 0 aromatic heterocycles. The van der Waals surface area contributed by atoms with Crippen LogP contribution in [0.1, 0.15) is 31.2 Å². The minimum atomic E-state index is 0.0983. The Labute approximate surface area is 84.5 Å². The number of hydrogen-bond donors (Lipinski definition) is 0. The first kappa shape index (κ1) is 9.20. The first-order valence-corrected chi connectivity index (χ1v) is 5.00. The zero-order valence-electron chi connectivity index (χ0n) is 8.36. The summed E-state index contributed by atoms with van der Waals surface area (Å²) in [5.74, 6) is 0.447. The monoisotopic (exact) mass is 186 g/mol. The fourth-order valence-electron chi connectivity index (χ4n) is 1.93. The largest absolute Gasteiger partial charge is 0.299 e. The highest BCUT2D eigenvalue weighted by molar-refractivity contribution is 5.88. The molecule has 2 rings (SSSR count). The maximum absolute atomic E-state index is 11.7. The molecule has 1 atom stereocenters. The number of carbonyl (C=O) groups excluding carboxylic acids is 1. The molecule has 1 nitrogen and oxygen atoms in total. The number of allylic oxidation sites excluding steroid dienone is 2. The quantitative estimate of drug-likeness (QED) is 0.616. The van der Waals surface area contributed by atoms with Crippen LogP contribution < -0.4 is 0 Å². The maximum atomic E-state index is 11.7. The van der Waals surface area contributed by atoms with Crippen LogP contribution >= 0.6 is 0 Å². The van der Waals surface area contributed by atoms with Crippen LogP contribution in [0.2, 0.25) is 0 Å². The molecular weight excluding hydrogens is 172 g/mol. The zero-order valence-corrected chi connectivity index (χ0v) is 8.36. The molecular formula is C13H14O. The van der Waals surface area contributed by atoms with Gasteiger partial charge in [-0.25, -0.2) is 0 Å². The first-order chi connectivity index (χ1) is 6.77. The summed E-state index contributed by atoms with van der Waals surface area (Å²) in [6, 6.07) is 10.1. The van der Waals surface area contributed by atoms with Crippen molar-refractivity contribution < 1.29 is 4.79 Å². The number of rotatable bonds is 1. The standard InChI is InChI=1S/C13H14O/c1-10-7-8-13(14)12(9-10)11-5-3-2-4-6-11/h2-7,12H,8-9H2,1H3. The molecule has 0 bridgehead atoms. The molecule has 72 valence electrons. The van der Waals surface area contributed by atoms with Gasteiger partial charge in [0.15, 0.2) is 0 Å². The summed E-state index contributed by atoms with van der Waals surface area (Å²) < 4.78 is 0. The molecule has 0 aliphatic heterocycles. The first-order valence-electron chi connectivity index (χ1n) is 5.00. The molecule has 0 spiro atoms. The molecule has 1 aliphatic rings. The number of carbonyl (C=O) groups is 1. The van der Waals surface area contributed by atoms with Crippen LogP contribution in [0.15, 0.2) is 42.0 Å². The Morgan fingerprint density at radius 3 is 2.64 bits per heavy atom. The Hall–Kier alpha value is -1.37. The molecule has 0 N–H and O–H groups in total. The highest BCUT2D eigenvalue weighted by Gasteiger charge is 2.22. The van der Waals surface area contributed by atoms with E-state index >= 15 is 0 Å². The normalized spacial score (nSPS) is 21.9. The predicted molar refractivity (Wildman–Crippen MR) is 57.2 cm³/mol. The van der Waals surface area contributed by atoms with Crippen LogP contribution in [-0.2, 0) is 4.79 Å². The van der Waals surface area contributed by atoms with Gasteiger partial charge in [0.1, 0.15) is 5.78 Å². The van der Waals surface area contributed by atoms with Gasteiger partial charge in [0, 0.05) is 12.3 Å². The highest BCUT2D eigenvalue weighted by Crippen LogP contribution is 2.29. The molecule has 0 saturated carbocycles. The van der Waals surface area contributed by atoms with Crippen molar-refractivity contribution in [3.05, 3.63) is 47.5 Å². The fourth-order valence-corrected chi connectivity index (χ4v) is 1.93. The molecule has 1 aliphatic carbocycles. The molecule has 0 radical (unpaired) electrons. The van der Waals surface area contributed by atoms with E-state index in [4.69, 9.17) is 0 Å². The zero-order chi connectivity index (χ0) is 9.97. The molecule has 0 heterocycles. The van der Waals surface area contributed by atoms with Crippen molar-refractivity contribution in [1.29, 1.82) is 0 Å². The summed E-state index contributed by atoms with van der Waals surface area (Å²) in [5.41, 5.74) is 2.49. The number of Topliss-reactive ketones (excluding diaryl/α,β-unsaturated/α-hetero) is 1. The average molecular weight is 186 g/mol. The van der Waals surface area contributed by atoms with Gasteiger partial charge in [-0.1, -0.05) is 42.0 Å². The Morgan fingerprint density at radius 2 is 1.93 bits per heavy atom. The van der Waals surface area contributed by atoms with E-state index < -0.39 is 0 Å².